The van der Waals surface area contributed by atoms with Gasteiger partial charge >= 0.3 is 5.97 Å². The molecule has 0 aromatic heterocycles. The van der Waals surface area contributed by atoms with Crippen LogP contribution in [0.25, 0.3) is 0 Å². The number of carboxylic acids is 1. The lowest BCUT2D eigenvalue weighted by atomic mass is 10.0. The number of thioether (sulfide) groups is 1. The van der Waals surface area contributed by atoms with E-state index in [2.05, 4.69) is 11.9 Å². The summed E-state index contributed by atoms with van der Waals surface area (Å²) in [6.45, 7) is 3.67. The number of carbonyl (C=O) groups is 2. The summed E-state index contributed by atoms with van der Waals surface area (Å²) >= 11 is 1.53. The molecule has 1 aromatic carbocycles. The van der Waals surface area contributed by atoms with Crippen molar-refractivity contribution in [2.45, 2.75) is 17.7 Å². The topological polar surface area (TPSA) is 75.6 Å². The van der Waals surface area contributed by atoms with Crippen LogP contribution in [-0.4, -0.2) is 42.0 Å². The summed E-state index contributed by atoms with van der Waals surface area (Å²) in [5.74, 6) is -0.543. The van der Waals surface area contributed by atoms with Crippen molar-refractivity contribution in [3.05, 3.63) is 48.0 Å². The molecule has 0 spiro atoms. The Morgan fingerprint density at radius 1 is 1.50 bits per heavy atom. The number of benzene rings is 1. The highest BCUT2D eigenvalue weighted by Gasteiger charge is 2.30. The average molecular weight is 321 g/mol. The summed E-state index contributed by atoms with van der Waals surface area (Å²) in [5.41, 5.74) is 2.11. The molecule has 118 valence electrons. The van der Waals surface area contributed by atoms with Gasteiger partial charge in [0.25, 0.3) is 0 Å². The fourth-order valence-corrected chi connectivity index (χ4v) is 3.50. The maximum absolute atomic E-state index is 12.4. The molecule has 1 aliphatic rings. The lowest BCUT2D eigenvalue weighted by molar-refractivity contribution is -0.143. The van der Waals surface area contributed by atoms with Gasteiger partial charge in [0.2, 0.25) is 5.91 Å². The molecule has 22 heavy (non-hydrogen) atoms. The first-order valence-corrected chi connectivity index (χ1v) is 8.09. The summed E-state index contributed by atoms with van der Waals surface area (Å²) in [4.78, 5) is 23.7. The van der Waals surface area contributed by atoms with E-state index in [1.54, 1.807) is 0 Å². The van der Waals surface area contributed by atoms with Crippen LogP contribution in [0.5, 0.6) is 0 Å². The number of carboxylic acid groups (broad SMARTS) is 1. The zero-order valence-electron chi connectivity index (χ0n) is 12.2. The number of ether oxygens (including phenoxy) is 1. The molecule has 2 rings (SSSR count). The van der Waals surface area contributed by atoms with Crippen molar-refractivity contribution in [2.75, 3.05) is 19.0 Å². The Kier molecular flexibility index (Phi) is 6.03. The lowest BCUT2D eigenvalue weighted by Crippen LogP contribution is -2.45. The third-order valence-corrected chi connectivity index (χ3v) is 4.61. The maximum Gasteiger partial charge on any atom is 0.328 e. The Hall–Kier alpha value is -1.79. The van der Waals surface area contributed by atoms with Gasteiger partial charge < -0.3 is 15.2 Å². The van der Waals surface area contributed by atoms with E-state index < -0.39 is 12.0 Å². The number of hydrogen-bond donors (Lipinski definition) is 2. The molecule has 2 atom stereocenters. The smallest absolute Gasteiger partial charge is 0.328 e. The molecule has 0 bridgehead atoms. The minimum Gasteiger partial charge on any atom is -0.480 e. The number of fused-ring (bicyclic) bond motifs is 1. The average Bonchev–Trinajstić information content (AvgIpc) is 2.53. The van der Waals surface area contributed by atoms with Gasteiger partial charge in [0.1, 0.15) is 5.25 Å². The van der Waals surface area contributed by atoms with Crippen molar-refractivity contribution in [3.8, 4) is 0 Å². The largest absolute Gasteiger partial charge is 0.480 e. The second-order valence-corrected chi connectivity index (χ2v) is 6.14. The third kappa shape index (κ3) is 4.11. The van der Waals surface area contributed by atoms with Gasteiger partial charge in [0, 0.05) is 0 Å². The molecule has 2 N–H and O–H groups in total. The number of hydrogen-bond acceptors (Lipinski definition) is 4. The fourth-order valence-electron chi connectivity index (χ4n) is 2.30. The SMILES string of the molecule is C=CCOCC(NC(=O)C1SCCc2ccccc21)C(=O)O. The van der Waals surface area contributed by atoms with Crippen LogP contribution in [0.2, 0.25) is 0 Å². The summed E-state index contributed by atoms with van der Waals surface area (Å²) in [6.07, 6.45) is 2.46. The first-order valence-electron chi connectivity index (χ1n) is 7.04. The monoisotopic (exact) mass is 321 g/mol. The summed E-state index contributed by atoms with van der Waals surface area (Å²) < 4.78 is 5.14. The molecule has 2 unspecified atom stereocenters. The molecule has 1 heterocycles. The van der Waals surface area contributed by atoms with E-state index in [-0.39, 0.29) is 24.4 Å². The quantitative estimate of drug-likeness (QED) is 0.591. The lowest BCUT2D eigenvalue weighted by Gasteiger charge is -2.25. The fraction of sp³-hybridized carbons (Fsp3) is 0.375. The van der Waals surface area contributed by atoms with Crippen molar-refractivity contribution in [1.29, 1.82) is 0 Å². The second kappa shape index (κ2) is 8.00. The van der Waals surface area contributed by atoms with Gasteiger partial charge in [-0.15, -0.1) is 18.3 Å². The Balaban J connectivity index is 2.04. The van der Waals surface area contributed by atoms with Gasteiger partial charge in [-0.1, -0.05) is 30.3 Å². The molecule has 6 heteroatoms. The van der Waals surface area contributed by atoms with E-state index in [4.69, 9.17) is 4.74 Å². The van der Waals surface area contributed by atoms with Crippen molar-refractivity contribution in [3.63, 3.8) is 0 Å². The van der Waals surface area contributed by atoms with E-state index in [1.165, 1.54) is 17.8 Å². The van der Waals surface area contributed by atoms with Gasteiger partial charge in [-0.3, -0.25) is 4.79 Å². The highest BCUT2D eigenvalue weighted by Crippen LogP contribution is 2.36. The van der Waals surface area contributed by atoms with Crippen LogP contribution in [0, 0.1) is 0 Å². The summed E-state index contributed by atoms with van der Waals surface area (Å²) in [7, 11) is 0. The van der Waals surface area contributed by atoms with E-state index in [0.717, 1.165) is 23.3 Å². The minimum atomic E-state index is -1.11. The van der Waals surface area contributed by atoms with Crippen molar-refractivity contribution >= 4 is 23.6 Å². The molecule has 5 nitrogen and oxygen atoms in total. The minimum absolute atomic E-state index is 0.0773. The van der Waals surface area contributed by atoms with Gasteiger partial charge in [0.15, 0.2) is 6.04 Å². The number of amides is 1. The first kappa shape index (κ1) is 16.6. The summed E-state index contributed by atoms with van der Waals surface area (Å²) in [5, 5.41) is 11.4. The molecular formula is C16H19NO4S. The molecular weight excluding hydrogens is 302 g/mol. The highest BCUT2D eigenvalue weighted by atomic mass is 32.2. The van der Waals surface area contributed by atoms with E-state index in [0.29, 0.717) is 0 Å². The number of aliphatic carboxylic acids is 1. The summed E-state index contributed by atoms with van der Waals surface area (Å²) in [6, 6.07) is 6.73. The standard InChI is InChI=1S/C16H19NO4S/c1-2-8-21-10-13(16(19)20)17-15(18)14-12-6-4-3-5-11(12)7-9-22-14/h2-6,13-14H,1,7-10H2,(H,17,18)(H,19,20). The zero-order chi connectivity index (χ0) is 15.9. The van der Waals surface area contributed by atoms with E-state index in [1.807, 2.05) is 24.3 Å². The molecule has 0 aliphatic carbocycles. The van der Waals surface area contributed by atoms with Crippen LogP contribution in [-0.2, 0) is 20.7 Å². The van der Waals surface area contributed by atoms with Crippen LogP contribution in [0.15, 0.2) is 36.9 Å². The molecule has 1 aromatic rings. The predicted octanol–water partition coefficient (Wildman–Crippen LogP) is 1.79. The van der Waals surface area contributed by atoms with Crippen molar-refractivity contribution in [1.82, 2.24) is 5.32 Å². The van der Waals surface area contributed by atoms with Crippen LogP contribution in [0.3, 0.4) is 0 Å². The van der Waals surface area contributed by atoms with Crippen LogP contribution >= 0.6 is 11.8 Å². The van der Waals surface area contributed by atoms with Crippen LogP contribution in [0.4, 0.5) is 0 Å². The zero-order valence-corrected chi connectivity index (χ0v) is 13.0. The molecule has 1 amide bonds. The second-order valence-electron chi connectivity index (χ2n) is 4.93. The van der Waals surface area contributed by atoms with Crippen molar-refractivity contribution in [2.24, 2.45) is 0 Å². The van der Waals surface area contributed by atoms with Crippen molar-refractivity contribution < 1.29 is 19.4 Å². The number of carbonyl (C=O) groups excluding carboxylic acids is 1. The van der Waals surface area contributed by atoms with Gasteiger partial charge in [-0.05, 0) is 23.3 Å². The van der Waals surface area contributed by atoms with Crippen LogP contribution in [0.1, 0.15) is 16.4 Å². The Morgan fingerprint density at radius 3 is 3.00 bits per heavy atom. The Morgan fingerprint density at radius 2 is 2.27 bits per heavy atom. The van der Waals surface area contributed by atoms with Crippen LogP contribution < -0.4 is 5.32 Å². The molecule has 1 aliphatic heterocycles. The number of rotatable bonds is 7. The maximum atomic E-state index is 12.4. The first-order chi connectivity index (χ1) is 10.6. The Bertz CT molecular complexity index is 561. The van der Waals surface area contributed by atoms with Gasteiger partial charge in [0.05, 0.1) is 13.2 Å². The molecule has 0 fully saturated rings. The number of aryl methyl sites for hydroxylation is 1. The van der Waals surface area contributed by atoms with Gasteiger partial charge in [-0.25, -0.2) is 4.79 Å². The highest BCUT2D eigenvalue weighted by molar-refractivity contribution is 8.00. The van der Waals surface area contributed by atoms with Gasteiger partial charge in [-0.2, -0.15) is 0 Å². The molecule has 0 saturated heterocycles. The molecule has 0 saturated carbocycles. The predicted molar refractivity (Wildman–Crippen MR) is 85.9 cm³/mol. The molecule has 0 radical (unpaired) electrons. The number of nitrogens with one attached hydrogen (secondary N) is 1. The third-order valence-electron chi connectivity index (χ3n) is 3.37. The van der Waals surface area contributed by atoms with E-state index in [9.17, 15) is 14.7 Å². The van der Waals surface area contributed by atoms with E-state index >= 15 is 0 Å². The Labute approximate surface area is 133 Å². The normalized spacial score (nSPS) is 18.1.